The lowest BCUT2D eigenvalue weighted by molar-refractivity contribution is -0.148. The van der Waals surface area contributed by atoms with Crippen LogP contribution in [0.25, 0.3) is 6.08 Å². The van der Waals surface area contributed by atoms with Crippen LogP contribution < -0.4 is 11.1 Å². The Morgan fingerprint density at radius 2 is 1.67 bits per heavy atom. The zero-order valence-corrected chi connectivity index (χ0v) is 16.4. The summed E-state index contributed by atoms with van der Waals surface area (Å²) in [7, 11) is 0. The highest BCUT2D eigenvalue weighted by molar-refractivity contribution is 8.00. The molecule has 0 heterocycles. The van der Waals surface area contributed by atoms with Crippen LogP contribution in [0.1, 0.15) is 22.8 Å². The minimum absolute atomic E-state index is 0.0244. The number of anilines is 1. The number of carbonyl (C=O) groups excluding carboxylic acids is 3. The number of halogens is 3. The van der Waals surface area contributed by atoms with Gasteiger partial charge in [0.1, 0.15) is 0 Å². The molecule has 0 fully saturated rings. The minimum atomic E-state index is -4.37. The Bertz CT molecular complexity index is 942. The molecule has 6 nitrogen and oxygen atoms in total. The van der Waals surface area contributed by atoms with Crippen molar-refractivity contribution in [2.45, 2.75) is 23.4 Å². The molecule has 0 aliphatic heterocycles. The Balaban J connectivity index is 1.87. The first-order valence-corrected chi connectivity index (χ1v) is 9.30. The molecule has 0 aliphatic rings. The van der Waals surface area contributed by atoms with Crippen LogP contribution in [0.3, 0.4) is 0 Å². The molecule has 0 aliphatic carbocycles. The van der Waals surface area contributed by atoms with E-state index in [-0.39, 0.29) is 22.2 Å². The van der Waals surface area contributed by atoms with Crippen molar-refractivity contribution < 1.29 is 32.3 Å². The van der Waals surface area contributed by atoms with Gasteiger partial charge in [0.05, 0.1) is 0 Å². The number of esters is 1. The van der Waals surface area contributed by atoms with Gasteiger partial charge in [0.25, 0.3) is 5.91 Å². The lowest BCUT2D eigenvalue weighted by Gasteiger charge is -2.12. The van der Waals surface area contributed by atoms with E-state index in [9.17, 15) is 27.6 Å². The Kier molecular flexibility index (Phi) is 7.65. The van der Waals surface area contributed by atoms with Gasteiger partial charge in [0.15, 0.2) is 6.10 Å². The molecule has 158 valence electrons. The predicted octanol–water partition coefficient (Wildman–Crippen LogP) is 3.98. The molecule has 10 heteroatoms. The molecule has 1 unspecified atom stereocenters. The highest BCUT2D eigenvalue weighted by Crippen LogP contribution is 2.36. The molecule has 2 aromatic carbocycles. The van der Waals surface area contributed by atoms with E-state index in [1.54, 1.807) is 0 Å². The summed E-state index contributed by atoms with van der Waals surface area (Å²) in [6.07, 6.45) is 1.32. The van der Waals surface area contributed by atoms with Gasteiger partial charge in [-0.25, -0.2) is 4.79 Å². The van der Waals surface area contributed by atoms with Crippen LogP contribution in [0.5, 0.6) is 0 Å². The van der Waals surface area contributed by atoms with Crippen LogP contribution in [0, 0.1) is 0 Å². The maximum atomic E-state index is 12.3. The first-order chi connectivity index (χ1) is 14.0. The van der Waals surface area contributed by atoms with Gasteiger partial charge in [0, 0.05) is 22.2 Å². The molecule has 0 aromatic heterocycles. The van der Waals surface area contributed by atoms with Gasteiger partial charge in [-0.2, -0.15) is 13.2 Å². The number of primary amides is 1. The van der Waals surface area contributed by atoms with Crippen molar-refractivity contribution in [3.05, 3.63) is 65.7 Å². The maximum Gasteiger partial charge on any atom is 0.446 e. The number of alkyl halides is 3. The third kappa shape index (κ3) is 7.63. The Morgan fingerprint density at radius 1 is 1.07 bits per heavy atom. The van der Waals surface area contributed by atoms with Gasteiger partial charge in [-0.3, -0.25) is 9.59 Å². The molecule has 2 rings (SSSR count). The fourth-order valence-electron chi connectivity index (χ4n) is 2.17. The van der Waals surface area contributed by atoms with Crippen LogP contribution in [0.4, 0.5) is 18.9 Å². The topological polar surface area (TPSA) is 98.5 Å². The average molecular weight is 438 g/mol. The Morgan fingerprint density at radius 3 is 2.20 bits per heavy atom. The molecule has 0 bridgehead atoms. The SMILES string of the molecule is CC(OC(=O)/C=C/c1ccc(SC(F)(F)F)cc1)C(=O)Nc1ccc(C(N)=O)cc1. The summed E-state index contributed by atoms with van der Waals surface area (Å²) in [6, 6.07) is 11.2. The number of nitrogens with two attached hydrogens (primary N) is 1. The first-order valence-electron chi connectivity index (χ1n) is 8.49. The van der Waals surface area contributed by atoms with Gasteiger partial charge in [-0.15, -0.1) is 0 Å². The number of hydrogen-bond acceptors (Lipinski definition) is 5. The van der Waals surface area contributed by atoms with Gasteiger partial charge < -0.3 is 15.8 Å². The zero-order valence-electron chi connectivity index (χ0n) is 15.6. The third-order valence-electron chi connectivity index (χ3n) is 3.62. The van der Waals surface area contributed by atoms with E-state index in [2.05, 4.69) is 5.32 Å². The second-order valence-corrected chi connectivity index (χ2v) is 7.10. The minimum Gasteiger partial charge on any atom is -0.449 e. The third-order valence-corrected chi connectivity index (χ3v) is 4.36. The summed E-state index contributed by atoms with van der Waals surface area (Å²) in [6.45, 7) is 1.38. The molecule has 0 radical (unpaired) electrons. The van der Waals surface area contributed by atoms with Crippen molar-refractivity contribution in [3.63, 3.8) is 0 Å². The molecular weight excluding hydrogens is 421 g/mol. The van der Waals surface area contributed by atoms with Crippen molar-refractivity contribution >= 4 is 41.3 Å². The molecule has 2 aromatic rings. The van der Waals surface area contributed by atoms with Crippen LogP contribution in [0.2, 0.25) is 0 Å². The van der Waals surface area contributed by atoms with E-state index >= 15 is 0 Å². The largest absolute Gasteiger partial charge is 0.449 e. The highest BCUT2D eigenvalue weighted by atomic mass is 32.2. The van der Waals surface area contributed by atoms with Crippen molar-refractivity contribution in [3.8, 4) is 0 Å². The van der Waals surface area contributed by atoms with Gasteiger partial charge >= 0.3 is 11.5 Å². The smallest absolute Gasteiger partial charge is 0.446 e. The molecule has 0 saturated heterocycles. The summed E-state index contributed by atoms with van der Waals surface area (Å²) in [5.41, 5.74) is 1.92. The number of ether oxygens (including phenoxy) is 1. The van der Waals surface area contributed by atoms with E-state index < -0.39 is 29.4 Å². The number of nitrogens with one attached hydrogen (secondary N) is 1. The summed E-state index contributed by atoms with van der Waals surface area (Å²) >= 11 is -0.235. The van der Waals surface area contributed by atoms with Crippen LogP contribution in [-0.2, 0) is 14.3 Å². The second kappa shape index (κ2) is 9.97. The van der Waals surface area contributed by atoms with Crippen LogP contribution in [0.15, 0.2) is 59.5 Å². The van der Waals surface area contributed by atoms with Crippen LogP contribution in [-0.4, -0.2) is 29.4 Å². The number of carbonyl (C=O) groups is 3. The van der Waals surface area contributed by atoms with E-state index in [1.165, 1.54) is 61.5 Å². The van der Waals surface area contributed by atoms with Gasteiger partial charge in [-0.1, -0.05) is 12.1 Å². The lowest BCUT2D eigenvalue weighted by Crippen LogP contribution is -2.29. The standard InChI is InChI=1S/C20H17F3N2O4S/c1-12(19(28)25-15-7-5-14(6-8-15)18(24)27)29-17(26)11-4-13-2-9-16(10-3-13)30-20(21,22)23/h2-12H,1H3,(H2,24,27)(H,25,28)/b11-4+. The summed E-state index contributed by atoms with van der Waals surface area (Å²) in [5, 5.41) is 2.53. The molecule has 30 heavy (non-hydrogen) atoms. The monoisotopic (exact) mass is 438 g/mol. The number of amides is 2. The number of benzene rings is 2. The number of thioether (sulfide) groups is 1. The van der Waals surface area contributed by atoms with E-state index in [4.69, 9.17) is 10.5 Å². The fraction of sp³-hybridized carbons (Fsp3) is 0.150. The van der Waals surface area contributed by atoms with Gasteiger partial charge in [-0.05, 0) is 66.7 Å². The lowest BCUT2D eigenvalue weighted by atomic mass is 10.2. The van der Waals surface area contributed by atoms with Gasteiger partial charge in [0.2, 0.25) is 5.91 Å². The van der Waals surface area contributed by atoms with E-state index in [0.717, 1.165) is 6.08 Å². The molecule has 0 saturated carbocycles. The number of hydrogen-bond donors (Lipinski definition) is 2. The molecular formula is C20H17F3N2O4S. The van der Waals surface area contributed by atoms with Crippen molar-refractivity contribution in [1.82, 2.24) is 0 Å². The zero-order chi connectivity index (χ0) is 22.3. The molecule has 2 amide bonds. The fourth-order valence-corrected chi connectivity index (χ4v) is 2.71. The normalized spacial score (nSPS) is 12.4. The highest BCUT2D eigenvalue weighted by Gasteiger charge is 2.28. The van der Waals surface area contributed by atoms with E-state index in [1.807, 2.05) is 0 Å². The van der Waals surface area contributed by atoms with Crippen molar-refractivity contribution in [2.24, 2.45) is 5.73 Å². The number of rotatable bonds is 7. The Labute approximate surface area is 174 Å². The first kappa shape index (κ1) is 23.0. The molecule has 1 atom stereocenters. The average Bonchev–Trinajstić information content (AvgIpc) is 2.66. The van der Waals surface area contributed by atoms with Crippen LogP contribution >= 0.6 is 11.8 Å². The molecule has 0 spiro atoms. The van der Waals surface area contributed by atoms with Crippen molar-refractivity contribution in [2.75, 3.05) is 5.32 Å². The predicted molar refractivity (Wildman–Crippen MR) is 107 cm³/mol. The van der Waals surface area contributed by atoms with Crippen molar-refractivity contribution in [1.29, 1.82) is 0 Å². The maximum absolute atomic E-state index is 12.3. The van der Waals surface area contributed by atoms with E-state index in [0.29, 0.717) is 11.3 Å². The molecule has 3 N–H and O–H groups in total. The Hall–Kier alpha value is -3.27. The quantitative estimate of drug-likeness (QED) is 0.387. The summed E-state index contributed by atoms with van der Waals surface area (Å²) in [5.74, 6) is -1.98. The summed E-state index contributed by atoms with van der Waals surface area (Å²) < 4.78 is 41.9. The second-order valence-electron chi connectivity index (χ2n) is 5.96. The summed E-state index contributed by atoms with van der Waals surface area (Å²) in [4.78, 5) is 35.0.